The van der Waals surface area contributed by atoms with Crippen molar-refractivity contribution >= 4 is 75.5 Å². The molecule has 5 nitrogen and oxygen atoms in total. The Morgan fingerprint density at radius 3 is 2.36 bits per heavy atom. The lowest BCUT2D eigenvalue weighted by molar-refractivity contribution is -0.117. The fourth-order valence-corrected chi connectivity index (χ4v) is 5.16. The number of aromatic nitrogens is 1. The number of nitrogens with zero attached hydrogens (tertiary/aromatic N) is 1. The first-order valence-corrected chi connectivity index (χ1v) is 11.7. The van der Waals surface area contributed by atoms with Gasteiger partial charge in [0, 0.05) is 27.8 Å². The molecule has 2 atom stereocenters. The number of alkyl halides is 2. The molecule has 2 amide bonds. The van der Waals surface area contributed by atoms with Gasteiger partial charge in [0.05, 0.1) is 28.7 Å². The predicted octanol–water partition coefficient (Wildman–Crippen LogP) is 6.50. The number of nitrogens with one attached hydrogen (secondary N) is 2. The molecule has 2 aromatic carbocycles. The van der Waals surface area contributed by atoms with Crippen LogP contribution in [0.5, 0.6) is 0 Å². The monoisotopic (exact) mass is 541 g/mol. The van der Waals surface area contributed by atoms with Crippen LogP contribution in [0.25, 0.3) is 0 Å². The number of rotatable bonds is 6. The van der Waals surface area contributed by atoms with Crippen LogP contribution >= 0.6 is 58.0 Å². The van der Waals surface area contributed by atoms with Crippen LogP contribution in [0.4, 0.5) is 5.69 Å². The van der Waals surface area contributed by atoms with Crippen molar-refractivity contribution in [2.75, 3.05) is 5.32 Å². The first kappa shape index (κ1) is 24.1. The maximum Gasteiger partial charge on any atom is 0.253 e. The molecule has 1 aliphatic carbocycles. The van der Waals surface area contributed by atoms with E-state index in [0.717, 1.165) is 0 Å². The summed E-state index contributed by atoms with van der Waals surface area (Å²) in [5, 5.41) is 6.61. The van der Waals surface area contributed by atoms with Gasteiger partial charge in [-0.05, 0) is 54.1 Å². The van der Waals surface area contributed by atoms with E-state index >= 15 is 0 Å². The van der Waals surface area contributed by atoms with E-state index in [0.29, 0.717) is 27.0 Å². The maximum absolute atomic E-state index is 12.9. The third-order valence-electron chi connectivity index (χ3n) is 5.21. The van der Waals surface area contributed by atoms with Gasteiger partial charge in [0.25, 0.3) is 5.91 Å². The molecule has 10 heteroatoms. The molecule has 1 aliphatic rings. The molecule has 0 saturated heterocycles. The van der Waals surface area contributed by atoms with Crippen LogP contribution in [0, 0.1) is 5.92 Å². The Morgan fingerprint density at radius 2 is 1.70 bits per heavy atom. The quantitative estimate of drug-likeness (QED) is 0.349. The summed E-state index contributed by atoms with van der Waals surface area (Å²) in [7, 11) is 0. The van der Waals surface area contributed by atoms with E-state index in [1.165, 1.54) is 12.1 Å². The minimum atomic E-state index is -1.31. The lowest BCUT2D eigenvalue weighted by Gasteiger charge is -2.10. The van der Waals surface area contributed by atoms with Gasteiger partial charge in [-0.1, -0.05) is 40.9 Å². The average molecular weight is 544 g/mol. The molecule has 0 spiro atoms. The van der Waals surface area contributed by atoms with E-state index in [-0.39, 0.29) is 17.1 Å². The molecule has 1 heterocycles. The number of carbonyl (C=O) groups excluding carboxylic acids is 2. The molecular formula is C23H16Cl5N3O2. The van der Waals surface area contributed by atoms with Crippen molar-refractivity contribution in [2.45, 2.75) is 16.8 Å². The van der Waals surface area contributed by atoms with Gasteiger partial charge in [-0.15, -0.1) is 23.2 Å². The van der Waals surface area contributed by atoms with Crippen molar-refractivity contribution in [3.05, 3.63) is 92.7 Å². The van der Waals surface area contributed by atoms with E-state index in [2.05, 4.69) is 15.6 Å². The molecule has 1 saturated carbocycles. The van der Waals surface area contributed by atoms with Crippen molar-refractivity contribution in [3.63, 3.8) is 0 Å². The Bertz CT molecular complexity index is 1200. The van der Waals surface area contributed by atoms with Crippen molar-refractivity contribution in [1.29, 1.82) is 0 Å². The molecule has 170 valence electrons. The summed E-state index contributed by atoms with van der Waals surface area (Å²) in [5.41, 5.74) is 1.96. The summed E-state index contributed by atoms with van der Waals surface area (Å²) in [6.07, 6.45) is 1.64. The van der Waals surface area contributed by atoms with Crippen molar-refractivity contribution in [2.24, 2.45) is 5.92 Å². The Kier molecular flexibility index (Phi) is 7.08. The Labute approximate surface area is 215 Å². The number of pyridine rings is 1. The fraction of sp³-hybridized carbons (Fsp3) is 0.174. The van der Waals surface area contributed by atoms with Gasteiger partial charge in [0.15, 0.2) is 0 Å². The number of carbonyl (C=O) groups is 2. The summed E-state index contributed by atoms with van der Waals surface area (Å²) < 4.78 is -1.31. The molecule has 0 unspecified atom stereocenters. The van der Waals surface area contributed by atoms with E-state index < -0.39 is 28.0 Å². The topological polar surface area (TPSA) is 71.1 Å². The number of hydrogen-bond donors (Lipinski definition) is 2. The zero-order valence-electron chi connectivity index (χ0n) is 16.8. The van der Waals surface area contributed by atoms with Crippen molar-refractivity contribution in [1.82, 2.24) is 10.3 Å². The van der Waals surface area contributed by atoms with Gasteiger partial charge in [0.2, 0.25) is 5.91 Å². The molecule has 33 heavy (non-hydrogen) atoms. The molecule has 1 fully saturated rings. The van der Waals surface area contributed by atoms with E-state index in [9.17, 15) is 9.59 Å². The summed E-state index contributed by atoms with van der Waals surface area (Å²) in [6.45, 7) is 0.236. The van der Waals surface area contributed by atoms with E-state index in [1.807, 2.05) is 6.07 Å². The minimum Gasteiger partial charge on any atom is -0.346 e. The van der Waals surface area contributed by atoms with Crippen LogP contribution < -0.4 is 10.6 Å². The maximum atomic E-state index is 12.9. The van der Waals surface area contributed by atoms with E-state index in [4.69, 9.17) is 58.0 Å². The number of benzene rings is 2. The third-order valence-corrected chi connectivity index (χ3v) is 6.92. The summed E-state index contributed by atoms with van der Waals surface area (Å²) in [6, 6.07) is 15.0. The molecule has 2 N–H and O–H groups in total. The predicted molar refractivity (Wildman–Crippen MR) is 133 cm³/mol. The number of hydrogen-bond acceptors (Lipinski definition) is 3. The molecule has 3 aromatic rings. The van der Waals surface area contributed by atoms with Gasteiger partial charge < -0.3 is 10.6 Å². The molecule has 0 radical (unpaired) electrons. The summed E-state index contributed by atoms with van der Waals surface area (Å²) in [4.78, 5) is 29.7. The van der Waals surface area contributed by atoms with Gasteiger partial charge in [-0.3, -0.25) is 14.6 Å². The normalized spacial score (nSPS) is 18.5. The Balaban J connectivity index is 1.46. The fourth-order valence-electron chi connectivity index (χ4n) is 3.59. The standard InChI is InChI=1S/C23H16Cl5N3O2/c24-13-7-12(8-14(25)9-13)19-20(23(19,27)28)22(33)31-15-4-5-18(26)17(10-15)21(32)30-11-16-3-1-2-6-29-16/h1-10,19-20H,11H2,(H,30,32)(H,31,33)/t19-,20+/m0/s1. The smallest absolute Gasteiger partial charge is 0.253 e. The first-order valence-electron chi connectivity index (χ1n) is 9.79. The van der Waals surface area contributed by atoms with Crippen LogP contribution in [0.1, 0.15) is 27.5 Å². The zero-order chi connectivity index (χ0) is 23.8. The first-order chi connectivity index (χ1) is 15.7. The van der Waals surface area contributed by atoms with Gasteiger partial charge in [-0.25, -0.2) is 0 Å². The highest BCUT2D eigenvalue weighted by atomic mass is 35.5. The second-order valence-corrected chi connectivity index (χ2v) is 10.2. The summed E-state index contributed by atoms with van der Waals surface area (Å²) in [5.74, 6) is -2.01. The number of halogens is 5. The largest absolute Gasteiger partial charge is 0.346 e. The molecule has 1 aromatic heterocycles. The van der Waals surface area contributed by atoms with Crippen LogP contribution in [0.3, 0.4) is 0 Å². The molecule has 4 rings (SSSR count). The van der Waals surface area contributed by atoms with Crippen LogP contribution in [0.2, 0.25) is 15.1 Å². The highest BCUT2D eigenvalue weighted by molar-refractivity contribution is 6.53. The van der Waals surface area contributed by atoms with Gasteiger partial charge >= 0.3 is 0 Å². The number of amides is 2. The Hall–Kier alpha value is -2.02. The minimum absolute atomic E-state index is 0.211. The van der Waals surface area contributed by atoms with Crippen molar-refractivity contribution < 1.29 is 9.59 Å². The van der Waals surface area contributed by atoms with Crippen molar-refractivity contribution in [3.8, 4) is 0 Å². The molecular weight excluding hydrogens is 528 g/mol. The lowest BCUT2D eigenvalue weighted by Crippen LogP contribution is -2.24. The molecule has 0 aliphatic heterocycles. The lowest BCUT2D eigenvalue weighted by atomic mass is 10.1. The van der Waals surface area contributed by atoms with Crippen LogP contribution in [-0.2, 0) is 11.3 Å². The highest BCUT2D eigenvalue weighted by Crippen LogP contribution is 2.65. The summed E-state index contributed by atoms with van der Waals surface area (Å²) >= 11 is 31.2. The average Bonchev–Trinajstić information content (AvgIpc) is 3.35. The molecule has 0 bridgehead atoms. The SMILES string of the molecule is O=C(NCc1ccccn1)c1cc(NC(=O)[C@H]2[C@H](c3cc(Cl)cc(Cl)c3)C2(Cl)Cl)ccc1Cl. The third kappa shape index (κ3) is 5.39. The highest BCUT2D eigenvalue weighted by Gasteiger charge is 2.67. The van der Waals surface area contributed by atoms with Gasteiger partial charge in [0.1, 0.15) is 4.33 Å². The van der Waals surface area contributed by atoms with E-state index in [1.54, 1.807) is 42.6 Å². The zero-order valence-corrected chi connectivity index (χ0v) is 20.6. The number of anilines is 1. The van der Waals surface area contributed by atoms with Gasteiger partial charge in [-0.2, -0.15) is 0 Å². The Morgan fingerprint density at radius 1 is 0.970 bits per heavy atom. The van der Waals surface area contributed by atoms with Crippen LogP contribution in [-0.4, -0.2) is 21.1 Å². The van der Waals surface area contributed by atoms with Crippen LogP contribution in [0.15, 0.2) is 60.8 Å². The second-order valence-electron chi connectivity index (χ2n) is 7.52. The second kappa shape index (κ2) is 9.69.